The summed E-state index contributed by atoms with van der Waals surface area (Å²) in [5.41, 5.74) is 0.263. The number of methoxy groups -OCH3 is 1. The highest BCUT2D eigenvalue weighted by Gasteiger charge is 2.52. The van der Waals surface area contributed by atoms with E-state index in [4.69, 9.17) is 4.74 Å². The van der Waals surface area contributed by atoms with Crippen molar-refractivity contribution in [3.05, 3.63) is 0 Å². The van der Waals surface area contributed by atoms with E-state index in [9.17, 15) is 13.2 Å². The number of alkyl halides is 3. The van der Waals surface area contributed by atoms with Gasteiger partial charge >= 0.3 is 6.18 Å². The summed E-state index contributed by atoms with van der Waals surface area (Å²) in [4.78, 5) is 6.49. The number of hydrogen-bond acceptors (Lipinski definition) is 4. The number of halogens is 3. The lowest BCUT2D eigenvalue weighted by molar-refractivity contribution is -0.211. The molecule has 1 aliphatic carbocycles. The lowest BCUT2D eigenvalue weighted by Crippen LogP contribution is -2.58. The smallest absolute Gasteiger partial charge is 0.381 e. The summed E-state index contributed by atoms with van der Waals surface area (Å²) in [7, 11) is 1.73. The molecule has 4 fully saturated rings. The molecule has 1 saturated carbocycles. The van der Waals surface area contributed by atoms with Crippen molar-refractivity contribution in [3.8, 4) is 11.8 Å². The summed E-state index contributed by atoms with van der Waals surface area (Å²) in [5, 5.41) is 0. The first-order valence-corrected chi connectivity index (χ1v) is 17.4. The van der Waals surface area contributed by atoms with Gasteiger partial charge in [-0.3, -0.25) is 4.90 Å². The van der Waals surface area contributed by atoms with Gasteiger partial charge in [0, 0.05) is 39.1 Å². The molecule has 0 N–H and O–H groups in total. The lowest BCUT2D eigenvalue weighted by Gasteiger charge is -2.53. The topological polar surface area (TPSA) is 19.0 Å². The van der Waals surface area contributed by atoms with Gasteiger partial charge in [-0.1, -0.05) is 75.2 Å². The van der Waals surface area contributed by atoms with Gasteiger partial charge in [0.15, 0.2) is 0 Å². The molecule has 1 spiro atoms. The predicted octanol–water partition coefficient (Wildman–Crippen LogP) is 8.61. The zero-order chi connectivity index (χ0) is 32.3. The van der Waals surface area contributed by atoms with Crippen LogP contribution >= 0.6 is 0 Å². The van der Waals surface area contributed by atoms with E-state index < -0.39 is 12.2 Å². The Morgan fingerprint density at radius 2 is 1.38 bits per heavy atom. The van der Waals surface area contributed by atoms with Crippen molar-refractivity contribution in [2.45, 2.75) is 133 Å². The Hall–Kier alpha value is -0.810. The molecular formula is C35H68F3N3O. The summed E-state index contributed by atoms with van der Waals surface area (Å²) in [6.07, 6.45) is 2.41. The molecule has 0 aromatic rings. The zero-order valence-corrected chi connectivity index (χ0v) is 29.4. The summed E-state index contributed by atoms with van der Waals surface area (Å²) < 4.78 is 46.8. The molecule has 0 aromatic heterocycles. The van der Waals surface area contributed by atoms with Crippen LogP contribution in [-0.4, -0.2) is 92.5 Å². The molecule has 0 radical (unpaired) electrons. The van der Waals surface area contributed by atoms with E-state index in [0.717, 1.165) is 57.7 Å². The zero-order valence-electron chi connectivity index (χ0n) is 29.4. The van der Waals surface area contributed by atoms with Gasteiger partial charge < -0.3 is 14.5 Å². The fourth-order valence-corrected chi connectivity index (χ4v) is 6.69. The number of rotatable bonds is 6. The summed E-state index contributed by atoms with van der Waals surface area (Å²) in [5.74, 6) is 7.65. The summed E-state index contributed by atoms with van der Waals surface area (Å²) >= 11 is 0. The van der Waals surface area contributed by atoms with Crippen molar-refractivity contribution in [1.82, 2.24) is 14.7 Å². The van der Waals surface area contributed by atoms with Gasteiger partial charge in [-0.05, 0) is 88.5 Å². The van der Waals surface area contributed by atoms with E-state index in [1.165, 1.54) is 19.6 Å². The first-order valence-electron chi connectivity index (χ1n) is 17.4. The summed E-state index contributed by atoms with van der Waals surface area (Å²) in [6, 6.07) is -1.24. The Labute approximate surface area is 259 Å². The Bertz CT molecular complexity index is 703. The van der Waals surface area contributed by atoms with Crippen LogP contribution in [0.1, 0.15) is 114 Å². The maximum Gasteiger partial charge on any atom is 0.404 e. The molecule has 4 nitrogen and oxygen atoms in total. The number of hydrogen-bond donors (Lipinski definition) is 0. The average molecular weight is 604 g/mol. The van der Waals surface area contributed by atoms with Gasteiger partial charge in [-0.25, -0.2) is 0 Å². The maximum atomic E-state index is 13.8. The van der Waals surface area contributed by atoms with Crippen LogP contribution in [0.2, 0.25) is 0 Å². The molecule has 0 amide bonds. The van der Waals surface area contributed by atoms with E-state index >= 15 is 0 Å². The Balaban J connectivity index is 0.000000787. The fourth-order valence-electron chi connectivity index (χ4n) is 6.69. The monoisotopic (exact) mass is 604 g/mol. The molecule has 7 heteroatoms. The maximum absolute atomic E-state index is 13.8. The van der Waals surface area contributed by atoms with Crippen LogP contribution < -0.4 is 0 Å². The third-order valence-electron chi connectivity index (χ3n) is 8.83. The highest BCUT2D eigenvalue weighted by Crippen LogP contribution is 2.51. The fraction of sp³-hybridized carbons (Fsp3) is 0.943. The second-order valence-electron chi connectivity index (χ2n) is 12.0. The predicted molar refractivity (Wildman–Crippen MR) is 175 cm³/mol. The molecule has 0 bridgehead atoms. The van der Waals surface area contributed by atoms with E-state index in [-0.39, 0.29) is 11.3 Å². The standard InChI is InChI=1S/C18H31F3N2O.C11H19N.3C2H6/c1-3-22-8-4-14(5-9-22)16(18(19,20)21)23-10-6-17(7-11-23)12-15(13-17)24-2;1-4-5-6-11-8-12(9-11)7-10(2)3;3*1-2/h14-16H,3-13H2,1-2H3;10-11H,4,7-9H2,1-3H3;3*1-2H3. The molecule has 3 heterocycles. The van der Waals surface area contributed by atoms with Crippen LogP contribution in [-0.2, 0) is 4.74 Å². The molecule has 3 aliphatic heterocycles. The van der Waals surface area contributed by atoms with Crippen LogP contribution in [0.4, 0.5) is 13.2 Å². The number of ether oxygens (including phenoxy) is 1. The van der Waals surface area contributed by atoms with Crippen molar-refractivity contribution in [3.63, 3.8) is 0 Å². The molecular weight excluding hydrogens is 535 g/mol. The van der Waals surface area contributed by atoms with Gasteiger partial charge in [0.1, 0.15) is 6.04 Å². The minimum Gasteiger partial charge on any atom is -0.381 e. The molecule has 4 rings (SSSR count). The molecule has 42 heavy (non-hydrogen) atoms. The van der Waals surface area contributed by atoms with Gasteiger partial charge in [0.2, 0.25) is 0 Å². The minimum atomic E-state index is -4.11. The number of likely N-dealkylation sites (tertiary alicyclic amines) is 3. The second kappa shape index (κ2) is 21.8. The Morgan fingerprint density at radius 1 is 0.857 bits per heavy atom. The SMILES string of the molecule is CC.CC.CC.CCC#CC1CN(CC(C)C)C1.CCN1CCC(C(N2CCC3(CC2)CC(OC)C3)C(F)(F)F)CC1. The van der Waals surface area contributed by atoms with Crippen LogP contribution in [0.3, 0.4) is 0 Å². The van der Waals surface area contributed by atoms with Crippen molar-refractivity contribution in [2.75, 3.05) is 59.5 Å². The van der Waals surface area contributed by atoms with Gasteiger partial charge in [0.25, 0.3) is 0 Å². The van der Waals surface area contributed by atoms with Crippen molar-refractivity contribution in [1.29, 1.82) is 0 Å². The van der Waals surface area contributed by atoms with Crippen molar-refractivity contribution < 1.29 is 17.9 Å². The first-order chi connectivity index (χ1) is 20.1. The van der Waals surface area contributed by atoms with Crippen molar-refractivity contribution in [2.24, 2.45) is 23.2 Å². The Kier molecular flexibility index (Phi) is 21.4. The minimum absolute atomic E-state index is 0.241. The normalized spacial score (nSPS) is 22.3. The van der Waals surface area contributed by atoms with Crippen LogP contribution in [0.5, 0.6) is 0 Å². The second-order valence-corrected chi connectivity index (χ2v) is 12.0. The van der Waals surface area contributed by atoms with Crippen LogP contribution in [0, 0.1) is 35.0 Å². The van der Waals surface area contributed by atoms with Crippen LogP contribution in [0.25, 0.3) is 0 Å². The van der Waals surface area contributed by atoms with E-state index in [2.05, 4.69) is 49.3 Å². The molecule has 1 unspecified atom stereocenters. The molecule has 3 saturated heterocycles. The molecule has 0 aromatic carbocycles. The number of piperidine rings is 2. The van der Waals surface area contributed by atoms with Gasteiger partial charge in [-0.15, -0.1) is 5.92 Å². The first kappa shape index (κ1) is 41.2. The molecule has 1 atom stereocenters. The lowest BCUT2D eigenvalue weighted by atomic mass is 9.61. The largest absolute Gasteiger partial charge is 0.404 e. The number of nitrogens with zero attached hydrogens (tertiary/aromatic N) is 3. The molecule has 4 aliphatic rings. The van der Waals surface area contributed by atoms with Gasteiger partial charge in [0.05, 0.1) is 6.10 Å². The van der Waals surface area contributed by atoms with Crippen LogP contribution in [0.15, 0.2) is 0 Å². The third kappa shape index (κ3) is 13.4. The Morgan fingerprint density at radius 3 is 1.79 bits per heavy atom. The average Bonchev–Trinajstić information content (AvgIpc) is 2.96. The van der Waals surface area contributed by atoms with Gasteiger partial charge in [-0.2, -0.15) is 13.2 Å². The van der Waals surface area contributed by atoms with E-state index in [1.807, 2.05) is 41.5 Å². The highest BCUT2D eigenvalue weighted by atomic mass is 19.4. The quantitative estimate of drug-likeness (QED) is 0.283. The van der Waals surface area contributed by atoms with E-state index in [0.29, 0.717) is 38.0 Å². The highest BCUT2D eigenvalue weighted by molar-refractivity contribution is 5.08. The summed E-state index contributed by atoms with van der Waals surface area (Å²) in [6.45, 7) is 28.1. The van der Waals surface area contributed by atoms with E-state index in [1.54, 1.807) is 12.0 Å². The van der Waals surface area contributed by atoms with Crippen molar-refractivity contribution >= 4 is 0 Å². The third-order valence-corrected chi connectivity index (χ3v) is 8.83. The molecule has 250 valence electrons.